The molecule has 0 aliphatic carbocycles. The van der Waals surface area contributed by atoms with Gasteiger partial charge in [-0.05, 0) is 54.7 Å². The van der Waals surface area contributed by atoms with E-state index in [1.165, 1.54) is 18.2 Å². The van der Waals surface area contributed by atoms with E-state index in [2.05, 4.69) is 4.72 Å². The second-order valence-electron chi connectivity index (χ2n) is 6.40. The third-order valence-corrected chi connectivity index (χ3v) is 7.37. The Bertz CT molecular complexity index is 983. The first-order valence-corrected chi connectivity index (χ1v) is 12.3. The standard InChI is InChI=1S/C19H20Cl2N2O3S2/c1-27-11-9-16(19(24)23-10-8-13-4-2-3-5-17(13)23)22-28(25,26)18-12-14(20)6-7-15(18)21/h2-7,12,16,22H,8-11H2,1H3. The fourth-order valence-electron chi connectivity index (χ4n) is 3.16. The first kappa shape index (κ1) is 21.5. The second-order valence-corrected chi connectivity index (χ2v) is 9.91. The Balaban J connectivity index is 1.88. The van der Waals surface area contributed by atoms with Crippen LogP contribution in [0.1, 0.15) is 12.0 Å². The molecule has 2 aromatic carbocycles. The lowest BCUT2D eigenvalue weighted by Gasteiger charge is -2.25. The van der Waals surface area contributed by atoms with Gasteiger partial charge in [0.2, 0.25) is 15.9 Å². The second kappa shape index (κ2) is 9.05. The number of fused-ring (bicyclic) bond motifs is 1. The molecule has 1 aliphatic heterocycles. The molecule has 1 heterocycles. The summed E-state index contributed by atoms with van der Waals surface area (Å²) in [4.78, 5) is 14.7. The number of thioether (sulfide) groups is 1. The highest BCUT2D eigenvalue weighted by Gasteiger charge is 2.33. The number of amides is 1. The minimum atomic E-state index is -4.02. The van der Waals surface area contributed by atoms with Crippen molar-refractivity contribution < 1.29 is 13.2 Å². The largest absolute Gasteiger partial charge is 0.310 e. The number of nitrogens with zero attached hydrogens (tertiary/aromatic N) is 1. The van der Waals surface area contributed by atoms with Crippen molar-refractivity contribution >= 4 is 56.6 Å². The monoisotopic (exact) mass is 458 g/mol. The predicted octanol–water partition coefficient (Wildman–Crippen LogP) is 3.98. The zero-order valence-electron chi connectivity index (χ0n) is 15.2. The molecule has 1 aliphatic rings. The van der Waals surface area contributed by atoms with Crippen molar-refractivity contribution in [3.63, 3.8) is 0 Å². The molecule has 1 amide bonds. The van der Waals surface area contributed by atoms with Crippen LogP contribution in [0.25, 0.3) is 0 Å². The van der Waals surface area contributed by atoms with Gasteiger partial charge >= 0.3 is 0 Å². The summed E-state index contributed by atoms with van der Waals surface area (Å²) in [5.74, 6) is 0.373. The summed E-state index contributed by atoms with van der Waals surface area (Å²) < 4.78 is 28.4. The van der Waals surface area contributed by atoms with Crippen LogP contribution in [0.4, 0.5) is 5.69 Å². The molecule has 0 aromatic heterocycles. The number of anilines is 1. The summed E-state index contributed by atoms with van der Waals surface area (Å²) in [6.45, 7) is 0.535. The smallest absolute Gasteiger partial charge is 0.245 e. The highest BCUT2D eigenvalue weighted by atomic mass is 35.5. The molecule has 28 heavy (non-hydrogen) atoms. The van der Waals surface area contributed by atoms with Gasteiger partial charge in [0.05, 0.1) is 5.02 Å². The van der Waals surface area contributed by atoms with Gasteiger partial charge in [0.25, 0.3) is 0 Å². The molecule has 0 radical (unpaired) electrons. The number of nitrogens with one attached hydrogen (secondary N) is 1. The van der Waals surface area contributed by atoms with Crippen LogP contribution in [-0.4, -0.2) is 38.9 Å². The van der Waals surface area contributed by atoms with Gasteiger partial charge in [-0.1, -0.05) is 41.4 Å². The molecule has 5 nitrogen and oxygen atoms in total. The fourth-order valence-corrected chi connectivity index (χ4v) is 5.62. The Labute approximate surface area is 179 Å². The number of carbonyl (C=O) groups excluding carboxylic acids is 1. The van der Waals surface area contributed by atoms with E-state index in [9.17, 15) is 13.2 Å². The number of hydrogen-bond donors (Lipinski definition) is 1. The van der Waals surface area contributed by atoms with Crippen LogP contribution in [0.5, 0.6) is 0 Å². The predicted molar refractivity (Wildman–Crippen MR) is 116 cm³/mol. The molecule has 0 spiro atoms. The van der Waals surface area contributed by atoms with Gasteiger partial charge in [0.15, 0.2) is 0 Å². The maximum atomic E-state index is 13.2. The highest BCUT2D eigenvalue weighted by molar-refractivity contribution is 7.98. The van der Waals surface area contributed by atoms with Crippen LogP contribution in [0.3, 0.4) is 0 Å². The van der Waals surface area contributed by atoms with E-state index < -0.39 is 16.1 Å². The van der Waals surface area contributed by atoms with E-state index in [4.69, 9.17) is 23.2 Å². The SMILES string of the molecule is CSCCC(NS(=O)(=O)c1cc(Cl)ccc1Cl)C(=O)N1CCc2ccccc21. The molecule has 1 unspecified atom stereocenters. The average molecular weight is 459 g/mol. The van der Waals surface area contributed by atoms with Crippen molar-refractivity contribution in [2.75, 3.05) is 23.5 Å². The summed E-state index contributed by atoms with van der Waals surface area (Å²) in [6.07, 6.45) is 3.04. The summed E-state index contributed by atoms with van der Waals surface area (Å²) in [6, 6.07) is 11.0. The third kappa shape index (κ3) is 4.66. The zero-order valence-corrected chi connectivity index (χ0v) is 18.3. The minimum absolute atomic E-state index is 0.0551. The number of halogens is 2. The molecular weight excluding hydrogens is 439 g/mol. The Morgan fingerprint density at radius 3 is 2.75 bits per heavy atom. The van der Waals surface area contributed by atoms with E-state index in [1.54, 1.807) is 16.7 Å². The normalized spacial score (nSPS) is 14.8. The summed E-state index contributed by atoms with van der Waals surface area (Å²) >= 11 is 13.6. The number of para-hydroxylation sites is 1. The van der Waals surface area contributed by atoms with Crippen LogP contribution in [0.15, 0.2) is 47.4 Å². The Hall–Kier alpha value is -1.25. The van der Waals surface area contributed by atoms with Crippen molar-refractivity contribution in [1.29, 1.82) is 0 Å². The molecule has 150 valence electrons. The van der Waals surface area contributed by atoms with E-state index in [-0.39, 0.29) is 20.8 Å². The van der Waals surface area contributed by atoms with Gasteiger partial charge in [-0.15, -0.1) is 0 Å². The topological polar surface area (TPSA) is 66.5 Å². The molecule has 9 heteroatoms. The number of rotatable bonds is 7. The lowest BCUT2D eigenvalue weighted by atomic mass is 10.1. The molecular formula is C19H20Cl2N2O3S2. The molecule has 0 saturated carbocycles. The number of benzene rings is 2. The minimum Gasteiger partial charge on any atom is -0.310 e. The summed E-state index contributed by atoms with van der Waals surface area (Å²) in [5, 5.41) is 0.310. The lowest BCUT2D eigenvalue weighted by molar-refractivity contribution is -0.120. The Morgan fingerprint density at radius 2 is 2.00 bits per heavy atom. The first-order valence-electron chi connectivity index (χ1n) is 8.69. The molecule has 0 fully saturated rings. The van der Waals surface area contributed by atoms with Gasteiger partial charge in [-0.2, -0.15) is 16.5 Å². The molecule has 0 bridgehead atoms. The van der Waals surface area contributed by atoms with Crippen molar-refractivity contribution in [2.45, 2.75) is 23.8 Å². The van der Waals surface area contributed by atoms with Gasteiger partial charge in [-0.3, -0.25) is 4.79 Å². The molecule has 0 saturated heterocycles. The zero-order chi connectivity index (χ0) is 20.3. The maximum Gasteiger partial charge on any atom is 0.245 e. The van der Waals surface area contributed by atoms with E-state index in [0.717, 1.165) is 17.7 Å². The number of carbonyl (C=O) groups is 1. The summed E-state index contributed by atoms with van der Waals surface area (Å²) in [5.41, 5.74) is 1.92. The first-order chi connectivity index (χ1) is 13.3. The van der Waals surface area contributed by atoms with Crippen LogP contribution in [-0.2, 0) is 21.2 Å². The van der Waals surface area contributed by atoms with E-state index in [0.29, 0.717) is 18.7 Å². The van der Waals surface area contributed by atoms with Crippen LogP contribution in [0.2, 0.25) is 10.0 Å². The van der Waals surface area contributed by atoms with E-state index in [1.807, 2.05) is 30.5 Å². The molecule has 3 rings (SSSR count). The van der Waals surface area contributed by atoms with Crippen LogP contribution < -0.4 is 9.62 Å². The van der Waals surface area contributed by atoms with Crippen molar-refractivity contribution in [3.05, 3.63) is 58.1 Å². The highest BCUT2D eigenvalue weighted by Crippen LogP contribution is 2.29. The van der Waals surface area contributed by atoms with Crippen molar-refractivity contribution in [2.24, 2.45) is 0 Å². The maximum absolute atomic E-state index is 13.2. The Morgan fingerprint density at radius 1 is 1.25 bits per heavy atom. The van der Waals surface area contributed by atoms with Crippen molar-refractivity contribution in [1.82, 2.24) is 4.72 Å². The van der Waals surface area contributed by atoms with Gasteiger partial charge in [0.1, 0.15) is 10.9 Å². The third-order valence-electron chi connectivity index (χ3n) is 4.54. The summed E-state index contributed by atoms with van der Waals surface area (Å²) in [7, 11) is -4.02. The van der Waals surface area contributed by atoms with Gasteiger partial charge in [0, 0.05) is 17.3 Å². The van der Waals surface area contributed by atoms with Crippen LogP contribution in [0, 0.1) is 0 Å². The number of hydrogen-bond acceptors (Lipinski definition) is 4. The lowest BCUT2D eigenvalue weighted by Crippen LogP contribution is -2.48. The van der Waals surface area contributed by atoms with Crippen molar-refractivity contribution in [3.8, 4) is 0 Å². The Kier molecular flexibility index (Phi) is 6.94. The molecule has 2 aromatic rings. The van der Waals surface area contributed by atoms with E-state index >= 15 is 0 Å². The van der Waals surface area contributed by atoms with Gasteiger partial charge < -0.3 is 4.90 Å². The molecule has 1 atom stereocenters. The van der Waals surface area contributed by atoms with Gasteiger partial charge in [-0.25, -0.2) is 8.42 Å². The fraction of sp³-hybridized carbons (Fsp3) is 0.316. The average Bonchev–Trinajstić information content (AvgIpc) is 3.10. The molecule has 1 N–H and O–H groups in total. The quantitative estimate of drug-likeness (QED) is 0.680. The van der Waals surface area contributed by atoms with Crippen LogP contribution >= 0.6 is 35.0 Å². The number of sulfonamides is 1.